The highest BCUT2D eigenvalue weighted by molar-refractivity contribution is 6.00. The number of nitrogens with two attached hydrogens (primary N) is 1. The average Bonchev–Trinajstić information content (AvgIpc) is 2.27. The van der Waals surface area contributed by atoms with Crippen molar-refractivity contribution in [2.24, 2.45) is 0 Å². The Morgan fingerprint density at radius 3 is 2.58 bits per heavy atom. The lowest BCUT2D eigenvalue weighted by atomic mass is 10.0. The molecule has 5 heteroatoms. The number of anilines is 2. The van der Waals surface area contributed by atoms with Crippen molar-refractivity contribution in [1.82, 2.24) is 4.90 Å². The second-order valence-electron chi connectivity index (χ2n) is 5.45. The van der Waals surface area contributed by atoms with Gasteiger partial charge in [0.25, 0.3) is 5.91 Å². The summed E-state index contributed by atoms with van der Waals surface area (Å²) in [6, 6.07) is 5.24. The number of amides is 1. The van der Waals surface area contributed by atoms with Gasteiger partial charge in [0.05, 0.1) is 17.7 Å². The lowest BCUT2D eigenvalue weighted by molar-refractivity contribution is 0.0828. The first kappa shape index (κ1) is 15.3. The van der Waals surface area contributed by atoms with Gasteiger partial charge in [-0.15, -0.1) is 0 Å². The Balaban J connectivity index is 3.11. The summed E-state index contributed by atoms with van der Waals surface area (Å²) in [6.07, 6.45) is 0. The summed E-state index contributed by atoms with van der Waals surface area (Å²) in [5.74, 6) is -0.0595. The molecule has 0 spiro atoms. The molecule has 0 bridgehead atoms. The van der Waals surface area contributed by atoms with Crippen LogP contribution in [0.3, 0.4) is 0 Å². The maximum absolute atomic E-state index is 12.1. The van der Waals surface area contributed by atoms with Crippen molar-refractivity contribution in [2.45, 2.75) is 19.4 Å². The van der Waals surface area contributed by atoms with Crippen LogP contribution >= 0.6 is 0 Å². The Hall–Kier alpha value is -1.75. The lowest BCUT2D eigenvalue weighted by Crippen LogP contribution is -2.37. The van der Waals surface area contributed by atoms with Gasteiger partial charge in [0.2, 0.25) is 0 Å². The standard InChI is InChI=1S/C14H23N3O2/c1-14(2,9-19-5)16-12-8-10(15)6-7-11(12)13(18)17(3)4/h6-8,16H,9,15H2,1-5H3. The van der Waals surface area contributed by atoms with Crippen LogP contribution in [0.15, 0.2) is 18.2 Å². The minimum Gasteiger partial charge on any atom is -0.399 e. The molecular weight excluding hydrogens is 242 g/mol. The van der Waals surface area contributed by atoms with E-state index in [0.29, 0.717) is 17.9 Å². The fraction of sp³-hybridized carbons (Fsp3) is 0.500. The van der Waals surface area contributed by atoms with Crippen LogP contribution in [-0.4, -0.2) is 44.2 Å². The Morgan fingerprint density at radius 2 is 2.05 bits per heavy atom. The number of carbonyl (C=O) groups is 1. The van der Waals surface area contributed by atoms with Gasteiger partial charge in [0.1, 0.15) is 0 Å². The van der Waals surface area contributed by atoms with Gasteiger partial charge >= 0.3 is 0 Å². The van der Waals surface area contributed by atoms with E-state index < -0.39 is 0 Å². The largest absolute Gasteiger partial charge is 0.399 e. The summed E-state index contributed by atoms with van der Waals surface area (Å²) in [7, 11) is 5.10. The van der Waals surface area contributed by atoms with Crippen molar-refractivity contribution in [2.75, 3.05) is 38.9 Å². The third-order valence-electron chi connectivity index (χ3n) is 2.66. The van der Waals surface area contributed by atoms with E-state index in [0.717, 1.165) is 5.69 Å². The lowest BCUT2D eigenvalue weighted by Gasteiger charge is -2.28. The van der Waals surface area contributed by atoms with Gasteiger partial charge in [-0.05, 0) is 32.0 Å². The molecule has 0 aliphatic rings. The normalized spacial score (nSPS) is 11.2. The molecule has 5 nitrogen and oxygen atoms in total. The molecule has 3 N–H and O–H groups in total. The fourth-order valence-corrected chi connectivity index (χ4v) is 1.85. The van der Waals surface area contributed by atoms with Crippen LogP contribution in [0.25, 0.3) is 0 Å². The van der Waals surface area contributed by atoms with Gasteiger partial charge in [0.15, 0.2) is 0 Å². The minimum absolute atomic E-state index is 0.0595. The first-order valence-electron chi connectivity index (χ1n) is 6.15. The van der Waals surface area contributed by atoms with E-state index in [1.165, 1.54) is 0 Å². The number of hydrogen-bond donors (Lipinski definition) is 2. The number of hydrogen-bond acceptors (Lipinski definition) is 4. The van der Waals surface area contributed by atoms with Crippen molar-refractivity contribution >= 4 is 17.3 Å². The predicted molar refractivity (Wildman–Crippen MR) is 78.4 cm³/mol. The molecule has 1 rings (SSSR count). The number of methoxy groups -OCH3 is 1. The molecule has 1 amide bonds. The fourth-order valence-electron chi connectivity index (χ4n) is 1.85. The van der Waals surface area contributed by atoms with Gasteiger partial charge in [0, 0.05) is 32.6 Å². The smallest absolute Gasteiger partial charge is 0.255 e. The number of rotatable bonds is 5. The number of nitrogens with zero attached hydrogens (tertiary/aromatic N) is 1. The molecule has 0 unspecified atom stereocenters. The molecule has 0 heterocycles. The third kappa shape index (κ3) is 4.13. The molecule has 1 aromatic rings. The Morgan fingerprint density at radius 1 is 1.42 bits per heavy atom. The van der Waals surface area contributed by atoms with E-state index in [9.17, 15) is 4.79 Å². The van der Waals surface area contributed by atoms with Gasteiger partial charge in [-0.25, -0.2) is 0 Å². The summed E-state index contributed by atoms with van der Waals surface area (Å²) < 4.78 is 5.17. The molecule has 0 radical (unpaired) electrons. The molecule has 0 fully saturated rings. The van der Waals surface area contributed by atoms with Gasteiger partial charge in [-0.1, -0.05) is 0 Å². The number of nitrogen functional groups attached to an aromatic ring is 1. The zero-order chi connectivity index (χ0) is 14.6. The van der Waals surface area contributed by atoms with Gasteiger partial charge in [-0.3, -0.25) is 4.79 Å². The van der Waals surface area contributed by atoms with Crippen LogP contribution in [0.5, 0.6) is 0 Å². The second kappa shape index (κ2) is 5.93. The minimum atomic E-state index is -0.288. The number of benzene rings is 1. The first-order valence-corrected chi connectivity index (χ1v) is 6.15. The molecule has 0 saturated carbocycles. The van der Waals surface area contributed by atoms with E-state index >= 15 is 0 Å². The van der Waals surface area contributed by atoms with Crippen molar-refractivity contribution in [1.29, 1.82) is 0 Å². The van der Waals surface area contributed by atoms with E-state index in [1.54, 1.807) is 44.3 Å². The van der Waals surface area contributed by atoms with Gasteiger partial charge < -0.3 is 20.7 Å². The first-order chi connectivity index (χ1) is 8.76. The number of carbonyl (C=O) groups excluding carboxylic acids is 1. The number of ether oxygens (including phenoxy) is 1. The quantitative estimate of drug-likeness (QED) is 0.797. The van der Waals surface area contributed by atoms with Crippen LogP contribution in [0.2, 0.25) is 0 Å². The summed E-state index contributed by atoms with van der Waals surface area (Å²) in [5, 5.41) is 3.31. The maximum atomic E-state index is 12.1. The molecule has 0 aliphatic heterocycles. The zero-order valence-electron chi connectivity index (χ0n) is 12.3. The molecule has 0 saturated heterocycles. The topological polar surface area (TPSA) is 67.6 Å². The van der Waals surface area contributed by atoms with Crippen molar-refractivity contribution in [3.63, 3.8) is 0 Å². The molecule has 1 aromatic carbocycles. The monoisotopic (exact) mass is 265 g/mol. The SMILES string of the molecule is COCC(C)(C)Nc1cc(N)ccc1C(=O)N(C)C. The summed E-state index contributed by atoms with van der Waals surface area (Å²) in [6.45, 7) is 4.53. The molecule has 106 valence electrons. The molecular formula is C14H23N3O2. The van der Waals surface area contributed by atoms with Crippen LogP contribution in [0.1, 0.15) is 24.2 Å². The third-order valence-corrected chi connectivity index (χ3v) is 2.66. The molecule has 0 aliphatic carbocycles. The Bertz CT molecular complexity index is 456. The van der Waals surface area contributed by atoms with Crippen molar-refractivity contribution < 1.29 is 9.53 Å². The molecule has 19 heavy (non-hydrogen) atoms. The van der Waals surface area contributed by atoms with Crippen LogP contribution in [-0.2, 0) is 4.74 Å². The van der Waals surface area contributed by atoms with Crippen LogP contribution in [0, 0.1) is 0 Å². The van der Waals surface area contributed by atoms with Crippen molar-refractivity contribution in [3.8, 4) is 0 Å². The Kier molecular flexibility index (Phi) is 4.78. The van der Waals surface area contributed by atoms with Gasteiger partial charge in [-0.2, -0.15) is 0 Å². The highest BCUT2D eigenvalue weighted by Gasteiger charge is 2.21. The highest BCUT2D eigenvalue weighted by Crippen LogP contribution is 2.24. The summed E-state index contributed by atoms with van der Waals surface area (Å²) in [4.78, 5) is 13.7. The molecule has 0 atom stereocenters. The van der Waals surface area contributed by atoms with E-state index in [-0.39, 0.29) is 11.4 Å². The zero-order valence-corrected chi connectivity index (χ0v) is 12.3. The van der Waals surface area contributed by atoms with E-state index in [4.69, 9.17) is 10.5 Å². The summed E-state index contributed by atoms with van der Waals surface area (Å²) >= 11 is 0. The summed E-state index contributed by atoms with van der Waals surface area (Å²) in [5.41, 5.74) is 7.45. The highest BCUT2D eigenvalue weighted by atomic mass is 16.5. The van der Waals surface area contributed by atoms with E-state index in [2.05, 4.69) is 5.32 Å². The number of nitrogens with one attached hydrogen (secondary N) is 1. The maximum Gasteiger partial charge on any atom is 0.255 e. The predicted octanol–water partition coefficient (Wildman–Crippen LogP) is 1.81. The van der Waals surface area contributed by atoms with Crippen LogP contribution in [0.4, 0.5) is 11.4 Å². The van der Waals surface area contributed by atoms with Crippen molar-refractivity contribution in [3.05, 3.63) is 23.8 Å². The second-order valence-corrected chi connectivity index (χ2v) is 5.45. The molecule has 0 aromatic heterocycles. The van der Waals surface area contributed by atoms with Crippen LogP contribution < -0.4 is 11.1 Å². The van der Waals surface area contributed by atoms with E-state index in [1.807, 2.05) is 13.8 Å². The Labute approximate surface area is 114 Å². The average molecular weight is 265 g/mol.